The molecular formula is C16H26O3. The molecule has 0 amide bonds. The van der Waals surface area contributed by atoms with Gasteiger partial charge < -0.3 is 9.84 Å². The summed E-state index contributed by atoms with van der Waals surface area (Å²) in [5, 5.41) is 10.7. The van der Waals surface area contributed by atoms with Crippen molar-refractivity contribution in [3.8, 4) is 0 Å². The summed E-state index contributed by atoms with van der Waals surface area (Å²) >= 11 is 0. The van der Waals surface area contributed by atoms with Crippen LogP contribution in [0.5, 0.6) is 0 Å². The van der Waals surface area contributed by atoms with Crippen LogP contribution in [-0.2, 0) is 9.53 Å². The van der Waals surface area contributed by atoms with Crippen molar-refractivity contribution >= 4 is 5.97 Å². The normalized spacial score (nSPS) is 42.9. The van der Waals surface area contributed by atoms with Crippen molar-refractivity contribution in [2.45, 2.75) is 58.0 Å². The maximum Gasteiger partial charge on any atom is 0.330 e. The molecule has 0 aromatic rings. The lowest BCUT2D eigenvalue weighted by Crippen LogP contribution is -2.51. The minimum Gasteiger partial charge on any atom is -0.466 e. The number of methoxy groups -OCH3 is 1. The maximum absolute atomic E-state index is 11.2. The molecule has 0 radical (unpaired) electrons. The maximum atomic E-state index is 11.2. The molecule has 19 heavy (non-hydrogen) atoms. The quantitative estimate of drug-likeness (QED) is 0.617. The van der Waals surface area contributed by atoms with E-state index < -0.39 is 5.60 Å². The van der Waals surface area contributed by atoms with Crippen molar-refractivity contribution in [3.05, 3.63) is 12.2 Å². The van der Waals surface area contributed by atoms with Crippen LogP contribution in [-0.4, -0.2) is 23.8 Å². The topological polar surface area (TPSA) is 46.5 Å². The van der Waals surface area contributed by atoms with E-state index in [1.54, 1.807) is 0 Å². The Labute approximate surface area is 116 Å². The Morgan fingerprint density at radius 2 is 2.05 bits per heavy atom. The van der Waals surface area contributed by atoms with E-state index >= 15 is 0 Å². The molecule has 2 rings (SSSR count). The van der Waals surface area contributed by atoms with E-state index in [0.29, 0.717) is 11.8 Å². The summed E-state index contributed by atoms with van der Waals surface area (Å²) < 4.78 is 4.63. The molecule has 1 N–H and O–H groups in total. The Bertz CT molecular complexity index is 372. The summed E-state index contributed by atoms with van der Waals surface area (Å²) in [6.07, 6.45) is 9.99. The van der Waals surface area contributed by atoms with Crippen molar-refractivity contribution in [1.29, 1.82) is 0 Å². The second kappa shape index (κ2) is 5.28. The van der Waals surface area contributed by atoms with Gasteiger partial charge in [-0.25, -0.2) is 4.79 Å². The van der Waals surface area contributed by atoms with E-state index in [4.69, 9.17) is 0 Å². The minimum atomic E-state index is -0.551. The molecule has 2 aliphatic carbocycles. The van der Waals surface area contributed by atoms with E-state index in [-0.39, 0.29) is 11.4 Å². The zero-order valence-electron chi connectivity index (χ0n) is 12.3. The number of fused-ring (bicyclic) bond motifs is 1. The summed E-state index contributed by atoms with van der Waals surface area (Å²) in [5.41, 5.74) is -0.276. The summed E-state index contributed by atoms with van der Waals surface area (Å²) in [7, 11) is 1.40. The lowest BCUT2D eigenvalue weighted by atomic mass is 9.53. The van der Waals surface area contributed by atoms with Crippen LogP contribution >= 0.6 is 0 Å². The largest absolute Gasteiger partial charge is 0.466 e. The molecule has 2 saturated carbocycles. The van der Waals surface area contributed by atoms with E-state index in [1.165, 1.54) is 19.6 Å². The average molecular weight is 266 g/mol. The van der Waals surface area contributed by atoms with Crippen molar-refractivity contribution in [2.24, 2.45) is 17.3 Å². The van der Waals surface area contributed by atoms with Gasteiger partial charge in [0.1, 0.15) is 0 Å². The molecule has 0 aromatic heterocycles. The molecule has 0 aliphatic heterocycles. The highest BCUT2D eigenvalue weighted by Crippen LogP contribution is 2.55. The van der Waals surface area contributed by atoms with Gasteiger partial charge >= 0.3 is 5.97 Å². The Balaban J connectivity index is 2.07. The highest BCUT2D eigenvalue weighted by Gasteiger charge is 2.50. The predicted octanol–water partition coefficient (Wildman–Crippen LogP) is 3.07. The smallest absolute Gasteiger partial charge is 0.330 e. The third kappa shape index (κ3) is 3.02. The van der Waals surface area contributed by atoms with Crippen LogP contribution in [0.15, 0.2) is 12.2 Å². The number of ether oxygens (including phenoxy) is 1. The Morgan fingerprint density at radius 3 is 2.74 bits per heavy atom. The van der Waals surface area contributed by atoms with Gasteiger partial charge in [-0.2, -0.15) is 0 Å². The number of rotatable bonds is 2. The van der Waals surface area contributed by atoms with Gasteiger partial charge in [-0.15, -0.1) is 0 Å². The van der Waals surface area contributed by atoms with Crippen molar-refractivity contribution < 1.29 is 14.6 Å². The third-order valence-corrected chi connectivity index (χ3v) is 5.35. The number of hydrogen-bond donors (Lipinski definition) is 1. The fourth-order valence-electron chi connectivity index (χ4n) is 4.18. The second-order valence-electron chi connectivity index (χ2n) is 6.83. The number of aliphatic hydroxyl groups is 1. The monoisotopic (exact) mass is 266 g/mol. The molecule has 108 valence electrons. The van der Waals surface area contributed by atoms with E-state index in [2.05, 4.69) is 11.7 Å². The van der Waals surface area contributed by atoms with E-state index in [9.17, 15) is 9.90 Å². The molecule has 4 unspecified atom stereocenters. The zero-order valence-corrected chi connectivity index (χ0v) is 12.3. The molecule has 2 fully saturated rings. The lowest BCUT2D eigenvalue weighted by molar-refractivity contribution is -0.134. The Kier molecular flexibility index (Phi) is 4.05. The van der Waals surface area contributed by atoms with Gasteiger partial charge in [0.25, 0.3) is 0 Å². The first kappa shape index (κ1) is 14.6. The third-order valence-electron chi connectivity index (χ3n) is 5.35. The fourth-order valence-corrected chi connectivity index (χ4v) is 4.18. The molecule has 4 atom stereocenters. The average Bonchev–Trinajstić information content (AvgIpc) is 2.36. The second-order valence-corrected chi connectivity index (χ2v) is 6.83. The van der Waals surface area contributed by atoms with Crippen LogP contribution in [0.25, 0.3) is 0 Å². The van der Waals surface area contributed by atoms with Crippen molar-refractivity contribution in [2.75, 3.05) is 7.11 Å². The Hall–Kier alpha value is -0.830. The first-order valence-electron chi connectivity index (χ1n) is 7.36. The van der Waals surface area contributed by atoms with Crippen LogP contribution < -0.4 is 0 Å². The van der Waals surface area contributed by atoms with Crippen LogP contribution in [0.3, 0.4) is 0 Å². The van der Waals surface area contributed by atoms with E-state index in [0.717, 1.165) is 32.1 Å². The van der Waals surface area contributed by atoms with E-state index in [1.807, 2.05) is 13.0 Å². The van der Waals surface area contributed by atoms with Gasteiger partial charge in [-0.3, -0.25) is 0 Å². The molecule has 2 aliphatic rings. The molecule has 0 bridgehead atoms. The predicted molar refractivity (Wildman–Crippen MR) is 74.6 cm³/mol. The van der Waals surface area contributed by atoms with Gasteiger partial charge in [-0.05, 0) is 56.3 Å². The summed E-state index contributed by atoms with van der Waals surface area (Å²) in [6, 6.07) is 0. The standard InChI is InChI=1S/C16H26O3/c1-15-8-4-9-16(2,18)13(15)11-12(7-10-15)5-6-14(17)19-3/h5-6,12-13,18H,4,7-11H2,1-3H3. The van der Waals surface area contributed by atoms with Gasteiger partial charge in [-0.1, -0.05) is 19.4 Å². The lowest BCUT2D eigenvalue weighted by Gasteiger charge is -2.54. The number of esters is 1. The zero-order chi connectivity index (χ0) is 14.1. The summed E-state index contributed by atoms with van der Waals surface area (Å²) in [4.78, 5) is 11.2. The molecule has 3 nitrogen and oxygen atoms in total. The van der Waals surface area contributed by atoms with Crippen LogP contribution in [0, 0.1) is 17.3 Å². The number of carbonyl (C=O) groups excluding carboxylic acids is 1. The van der Waals surface area contributed by atoms with Crippen LogP contribution in [0.1, 0.15) is 52.4 Å². The number of allylic oxidation sites excluding steroid dienone is 1. The molecule has 0 spiro atoms. The molecule has 0 aromatic carbocycles. The molecule has 0 saturated heterocycles. The van der Waals surface area contributed by atoms with Crippen molar-refractivity contribution in [3.63, 3.8) is 0 Å². The molecule has 0 heterocycles. The highest BCUT2D eigenvalue weighted by molar-refractivity contribution is 5.81. The SMILES string of the molecule is COC(=O)C=CC1CCC2(C)CCCC(C)(O)C2C1. The first-order chi connectivity index (χ1) is 8.87. The van der Waals surface area contributed by atoms with Crippen LogP contribution in [0.4, 0.5) is 0 Å². The minimum absolute atomic E-state index is 0.275. The molecular weight excluding hydrogens is 240 g/mol. The summed E-state index contributed by atoms with van der Waals surface area (Å²) in [5.74, 6) is 0.445. The fraction of sp³-hybridized carbons (Fsp3) is 0.812. The van der Waals surface area contributed by atoms with Gasteiger partial charge in [0.2, 0.25) is 0 Å². The van der Waals surface area contributed by atoms with Gasteiger partial charge in [0.05, 0.1) is 12.7 Å². The number of hydrogen-bond acceptors (Lipinski definition) is 3. The van der Waals surface area contributed by atoms with Gasteiger partial charge in [0, 0.05) is 6.08 Å². The molecule has 3 heteroatoms. The van der Waals surface area contributed by atoms with Crippen LogP contribution in [0.2, 0.25) is 0 Å². The first-order valence-corrected chi connectivity index (χ1v) is 7.36. The Morgan fingerprint density at radius 1 is 1.32 bits per heavy atom. The van der Waals surface area contributed by atoms with Gasteiger partial charge in [0.15, 0.2) is 0 Å². The summed E-state index contributed by atoms with van der Waals surface area (Å²) in [6.45, 7) is 4.31. The highest BCUT2D eigenvalue weighted by atomic mass is 16.5. The van der Waals surface area contributed by atoms with Crippen molar-refractivity contribution in [1.82, 2.24) is 0 Å². The number of carbonyl (C=O) groups is 1.